The van der Waals surface area contributed by atoms with Gasteiger partial charge in [-0.2, -0.15) is 0 Å². The number of esters is 1. The molecule has 0 radical (unpaired) electrons. The number of carboxylic acids is 1. The molecule has 1 saturated heterocycles. The number of hydrogen-bond acceptors (Lipinski definition) is 4. The smallest absolute Gasteiger partial charge is 0.332 e. The lowest BCUT2D eigenvalue weighted by Gasteiger charge is -2.27. The summed E-state index contributed by atoms with van der Waals surface area (Å²) in [6.45, 7) is 2.17. The standard InChI is InChI=1S/C12H17NO5/c1-9(18-12(17)7-6-11(15)16)13-8-4-2-3-5-10(13)14/h6-7,9H,2-5,8H2,1H3,(H,15,16). The quantitative estimate of drug-likeness (QED) is 0.596. The average molecular weight is 255 g/mol. The molecule has 1 fully saturated rings. The van der Waals surface area contributed by atoms with Crippen molar-refractivity contribution in [3.8, 4) is 0 Å². The maximum Gasteiger partial charge on any atom is 0.332 e. The van der Waals surface area contributed by atoms with E-state index in [1.54, 1.807) is 6.92 Å². The van der Waals surface area contributed by atoms with E-state index in [9.17, 15) is 14.4 Å². The molecule has 1 aliphatic heterocycles. The largest absolute Gasteiger partial charge is 0.478 e. The number of amides is 1. The molecular weight excluding hydrogens is 238 g/mol. The zero-order chi connectivity index (χ0) is 13.5. The Bertz CT molecular complexity index is 363. The van der Waals surface area contributed by atoms with Crippen molar-refractivity contribution >= 4 is 17.8 Å². The summed E-state index contributed by atoms with van der Waals surface area (Å²) in [7, 11) is 0. The Hall–Kier alpha value is -1.85. The molecule has 1 atom stereocenters. The summed E-state index contributed by atoms with van der Waals surface area (Å²) in [5.74, 6) is -2.01. The minimum atomic E-state index is -1.22. The predicted molar refractivity (Wildman–Crippen MR) is 62.5 cm³/mol. The summed E-state index contributed by atoms with van der Waals surface area (Å²) in [5.41, 5.74) is 0. The molecule has 0 aromatic carbocycles. The Labute approximate surface area is 105 Å². The van der Waals surface area contributed by atoms with Crippen LogP contribution in [0.4, 0.5) is 0 Å². The van der Waals surface area contributed by atoms with Crippen LogP contribution in [0.2, 0.25) is 0 Å². The van der Waals surface area contributed by atoms with Gasteiger partial charge in [0.1, 0.15) is 0 Å². The fraction of sp³-hybridized carbons (Fsp3) is 0.583. The molecular formula is C12H17NO5. The summed E-state index contributed by atoms with van der Waals surface area (Å²) in [6, 6.07) is 0. The SMILES string of the molecule is CC(OC(=O)C=CC(=O)O)N1CCCCCC1=O. The molecule has 1 aliphatic rings. The minimum Gasteiger partial charge on any atom is -0.478 e. The first-order valence-electron chi connectivity index (χ1n) is 5.92. The molecule has 1 amide bonds. The molecule has 6 nitrogen and oxygen atoms in total. The van der Waals surface area contributed by atoms with Crippen LogP contribution in [0.1, 0.15) is 32.6 Å². The normalized spacial score (nSPS) is 18.5. The van der Waals surface area contributed by atoms with Crippen molar-refractivity contribution in [1.29, 1.82) is 0 Å². The van der Waals surface area contributed by atoms with Crippen LogP contribution in [0.25, 0.3) is 0 Å². The van der Waals surface area contributed by atoms with Crippen LogP contribution < -0.4 is 0 Å². The molecule has 6 heteroatoms. The molecule has 100 valence electrons. The molecule has 1 heterocycles. The molecule has 1 unspecified atom stereocenters. The summed E-state index contributed by atoms with van der Waals surface area (Å²) in [4.78, 5) is 34.8. The summed E-state index contributed by atoms with van der Waals surface area (Å²) < 4.78 is 4.98. The van der Waals surface area contributed by atoms with Crippen molar-refractivity contribution < 1.29 is 24.2 Å². The highest BCUT2D eigenvalue weighted by Gasteiger charge is 2.23. The maximum atomic E-state index is 11.7. The zero-order valence-corrected chi connectivity index (χ0v) is 10.3. The fourth-order valence-electron chi connectivity index (χ4n) is 1.80. The second kappa shape index (κ2) is 6.78. The lowest BCUT2D eigenvalue weighted by molar-refractivity contribution is -0.158. The third-order valence-corrected chi connectivity index (χ3v) is 2.70. The molecule has 0 aliphatic carbocycles. The van der Waals surface area contributed by atoms with Crippen LogP contribution >= 0.6 is 0 Å². The van der Waals surface area contributed by atoms with Gasteiger partial charge in [0.25, 0.3) is 0 Å². The van der Waals surface area contributed by atoms with Gasteiger partial charge < -0.3 is 14.7 Å². The lowest BCUT2D eigenvalue weighted by atomic mass is 10.2. The number of rotatable bonds is 4. The highest BCUT2D eigenvalue weighted by atomic mass is 16.6. The van der Waals surface area contributed by atoms with E-state index in [0.717, 1.165) is 25.3 Å². The third kappa shape index (κ3) is 4.57. The van der Waals surface area contributed by atoms with E-state index in [2.05, 4.69) is 0 Å². The Morgan fingerprint density at radius 2 is 2.06 bits per heavy atom. The van der Waals surface area contributed by atoms with Crippen LogP contribution in [0.3, 0.4) is 0 Å². The Morgan fingerprint density at radius 1 is 1.33 bits per heavy atom. The number of likely N-dealkylation sites (tertiary alicyclic amines) is 1. The van der Waals surface area contributed by atoms with E-state index in [0.29, 0.717) is 19.0 Å². The summed E-state index contributed by atoms with van der Waals surface area (Å²) in [6.07, 6.45) is 4.07. The van der Waals surface area contributed by atoms with Crippen molar-refractivity contribution in [2.24, 2.45) is 0 Å². The average Bonchev–Trinajstić information content (AvgIpc) is 2.51. The second-order valence-corrected chi connectivity index (χ2v) is 4.11. The van der Waals surface area contributed by atoms with Gasteiger partial charge in [-0.15, -0.1) is 0 Å². The van der Waals surface area contributed by atoms with E-state index in [4.69, 9.17) is 9.84 Å². The van der Waals surface area contributed by atoms with Gasteiger partial charge in [-0.1, -0.05) is 6.42 Å². The van der Waals surface area contributed by atoms with Gasteiger partial charge in [0.05, 0.1) is 0 Å². The number of nitrogens with zero attached hydrogens (tertiary/aromatic N) is 1. The molecule has 1 N–H and O–H groups in total. The van der Waals surface area contributed by atoms with Gasteiger partial charge >= 0.3 is 11.9 Å². The molecule has 0 aromatic heterocycles. The van der Waals surface area contributed by atoms with E-state index in [-0.39, 0.29) is 5.91 Å². The van der Waals surface area contributed by atoms with Crippen LogP contribution in [-0.2, 0) is 19.1 Å². The van der Waals surface area contributed by atoms with Gasteiger partial charge in [-0.25, -0.2) is 9.59 Å². The van der Waals surface area contributed by atoms with Crippen LogP contribution in [0.15, 0.2) is 12.2 Å². The van der Waals surface area contributed by atoms with E-state index >= 15 is 0 Å². The first-order valence-corrected chi connectivity index (χ1v) is 5.92. The first-order chi connectivity index (χ1) is 8.50. The second-order valence-electron chi connectivity index (χ2n) is 4.11. The Balaban J connectivity index is 2.52. The molecule has 0 bridgehead atoms. The van der Waals surface area contributed by atoms with Crippen LogP contribution in [-0.4, -0.2) is 40.6 Å². The van der Waals surface area contributed by atoms with Crippen molar-refractivity contribution in [2.75, 3.05) is 6.54 Å². The number of ether oxygens (including phenoxy) is 1. The molecule has 1 rings (SSSR count). The van der Waals surface area contributed by atoms with Gasteiger partial charge in [0.2, 0.25) is 5.91 Å². The van der Waals surface area contributed by atoms with Gasteiger partial charge in [-0.3, -0.25) is 4.79 Å². The topological polar surface area (TPSA) is 83.9 Å². The number of carbonyl (C=O) groups is 3. The summed E-state index contributed by atoms with van der Waals surface area (Å²) >= 11 is 0. The van der Waals surface area contributed by atoms with Gasteiger partial charge in [0.15, 0.2) is 6.23 Å². The highest BCUT2D eigenvalue weighted by molar-refractivity contribution is 5.90. The summed E-state index contributed by atoms with van der Waals surface area (Å²) in [5, 5.41) is 8.37. The van der Waals surface area contributed by atoms with Crippen molar-refractivity contribution in [3.63, 3.8) is 0 Å². The Morgan fingerprint density at radius 3 is 2.72 bits per heavy atom. The number of aliphatic carboxylic acids is 1. The fourth-order valence-corrected chi connectivity index (χ4v) is 1.80. The maximum absolute atomic E-state index is 11.7. The third-order valence-electron chi connectivity index (χ3n) is 2.70. The molecule has 0 saturated carbocycles. The van der Waals surface area contributed by atoms with Crippen LogP contribution in [0, 0.1) is 0 Å². The Kier molecular flexibility index (Phi) is 5.35. The highest BCUT2D eigenvalue weighted by Crippen LogP contribution is 2.14. The first kappa shape index (κ1) is 14.2. The predicted octanol–water partition coefficient (Wildman–Crippen LogP) is 0.919. The number of carboxylic acid groups (broad SMARTS) is 1. The number of carbonyl (C=O) groups excluding carboxylic acids is 2. The van der Waals surface area contributed by atoms with E-state index in [1.165, 1.54) is 4.90 Å². The van der Waals surface area contributed by atoms with E-state index in [1.807, 2.05) is 0 Å². The van der Waals surface area contributed by atoms with Crippen molar-refractivity contribution in [3.05, 3.63) is 12.2 Å². The molecule has 18 heavy (non-hydrogen) atoms. The minimum absolute atomic E-state index is 0.0324. The lowest BCUT2D eigenvalue weighted by Crippen LogP contribution is -2.40. The molecule has 0 spiro atoms. The van der Waals surface area contributed by atoms with Gasteiger partial charge in [0, 0.05) is 25.1 Å². The number of hydrogen-bond donors (Lipinski definition) is 1. The zero-order valence-electron chi connectivity index (χ0n) is 10.3. The van der Waals surface area contributed by atoms with Crippen molar-refractivity contribution in [1.82, 2.24) is 4.90 Å². The van der Waals surface area contributed by atoms with Crippen LogP contribution in [0.5, 0.6) is 0 Å². The molecule has 0 aromatic rings. The monoisotopic (exact) mass is 255 g/mol. The van der Waals surface area contributed by atoms with Crippen molar-refractivity contribution in [2.45, 2.75) is 38.8 Å². The van der Waals surface area contributed by atoms with E-state index < -0.39 is 18.2 Å². The van der Waals surface area contributed by atoms with Gasteiger partial charge in [-0.05, 0) is 19.8 Å².